The van der Waals surface area contributed by atoms with Gasteiger partial charge in [-0.05, 0) is 57.1 Å². The number of likely N-dealkylation sites (tertiary alicyclic amines) is 1. The molecule has 2 bridgehead atoms. The zero-order valence-electron chi connectivity index (χ0n) is 30.1. The largest absolute Gasteiger partial charge is 0.455 e. The average Bonchev–Trinajstić information content (AvgIpc) is 3.78. The second kappa shape index (κ2) is 16.8. The van der Waals surface area contributed by atoms with Crippen molar-refractivity contribution >= 4 is 23.7 Å². The van der Waals surface area contributed by atoms with Crippen LogP contribution in [-0.4, -0.2) is 87.6 Å². The number of aliphatic hydroxyl groups excluding tert-OH is 1. The average molecular weight is 700 g/mol. The van der Waals surface area contributed by atoms with Crippen LogP contribution in [0, 0.1) is 11.8 Å². The first kappa shape index (κ1) is 38.0. The molecule has 0 radical (unpaired) electrons. The third kappa shape index (κ3) is 7.67. The molecule has 5 rings (SSSR count). The highest BCUT2D eigenvalue weighted by Gasteiger charge is 2.75. The first-order chi connectivity index (χ1) is 24.6. The molecule has 1 spiro atoms. The van der Waals surface area contributed by atoms with Crippen molar-refractivity contribution in [2.24, 2.45) is 11.8 Å². The number of nitrogens with zero attached hydrogens (tertiary/aromatic N) is 2. The summed E-state index contributed by atoms with van der Waals surface area (Å²) in [6, 6.07) is 16.2. The Hall–Kier alpha value is -4.28. The third-order valence-electron chi connectivity index (χ3n) is 10.8. The number of esters is 1. The van der Waals surface area contributed by atoms with Crippen molar-refractivity contribution in [3.8, 4) is 0 Å². The molecule has 2 N–H and O–H groups in total. The molecule has 10 heteroatoms. The first-order valence-electron chi connectivity index (χ1n) is 18.3. The van der Waals surface area contributed by atoms with Crippen LogP contribution >= 0.6 is 0 Å². The van der Waals surface area contributed by atoms with E-state index in [1.165, 1.54) is 4.90 Å². The van der Waals surface area contributed by atoms with Crippen LogP contribution < -0.4 is 5.32 Å². The highest BCUT2D eigenvalue weighted by molar-refractivity contribution is 5.98. The standard InChI is InChI=1S/C41H53N3O7/c1-6-9-21-33(46)42-28(5)36(30-19-14-11-15-20-30)50-40(49)34-32-22-23-41(51-32)35(34)38(47)44(31(26-45)25-29-17-12-10-13-18-29)37(41)39(48)43(24-8-3)27(4)16-7-2/h6,8,10-15,17-20,27-28,31-32,34-37,45H,1,3,7,9,16,21-26H2,2,4-5H3,(H,42,46)/t27?,28-,31+,32-,34+,35+,36-,37-,41+/m0/s1. The molecule has 2 aromatic carbocycles. The number of ether oxygens (including phenoxy) is 2. The molecule has 3 aliphatic heterocycles. The van der Waals surface area contributed by atoms with E-state index >= 15 is 0 Å². The van der Waals surface area contributed by atoms with Crippen LogP contribution in [0.15, 0.2) is 86.0 Å². The van der Waals surface area contributed by atoms with Gasteiger partial charge in [0.2, 0.25) is 17.7 Å². The van der Waals surface area contributed by atoms with Crippen LogP contribution in [0.1, 0.15) is 76.5 Å². The number of fused-ring (bicyclic) bond motifs is 1. The van der Waals surface area contributed by atoms with E-state index < -0.39 is 59.6 Å². The van der Waals surface area contributed by atoms with Gasteiger partial charge in [-0.2, -0.15) is 0 Å². The van der Waals surface area contributed by atoms with E-state index in [2.05, 4.69) is 25.4 Å². The fraction of sp³-hybridized carbons (Fsp3) is 0.512. The molecule has 3 aliphatic rings. The SMILES string of the molecule is C=CCCC(=O)N[C@@H](C)[C@H](OC(=O)[C@@H]1[C@@H]2CC[C@]3(O2)[C@H](C(=O)N(CC=C)C(C)CCC)N([C@@H](CO)Cc2ccccc2)C(=O)[C@@H]13)c1ccccc1. The molecule has 2 aromatic rings. The van der Waals surface area contributed by atoms with Gasteiger partial charge in [0.1, 0.15) is 17.7 Å². The Balaban J connectivity index is 1.51. The quantitative estimate of drug-likeness (QED) is 0.167. The van der Waals surface area contributed by atoms with E-state index in [-0.39, 0.29) is 37.4 Å². The molecule has 1 unspecified atom stereocenters. The number of rotatable bonds is 18. The highest BCUT2D eigenvalue weighted by Crippen LogP contribution is 2.59. The molecule has 3 fully saturated rings. The van der Waals surface area contributed by atoms with Gasteiger partial charge in [-0.1, -0.05) is 86.2 Å². The van der Waals surface area contributed by atoms with E-state index in [0.717, 1.165) is 18.4 Å². The predicted octanol–water partition coefficient (Wildman–Crippen LogP) is 4.92. The summed E-state index contributed by atoms with van der Waals surface area (Å²) in [5.74, 6) is -3.43. The number of allylic oxidation sites excluding steroid dienone is 1. The number of carbonyl (C=O) groups is 4. The van der Waals surface area contributed by atoms with Gasteiger partial charge < -0.3 is 29.7 Å². The normalized spacial score (nSPS) is 25.7. The van der Waals surface area contributed by atoms with Gasteiger partial charge in [0, 0.05) is 19.0 Å². The number of hydrogen-bond acceptors (Lipinski definition) is 7. The Labute approximate surface area is 301 Å². The van der Waals surface area contributed by atoms with Crippen molar-refractivity contribution < 1.29 is 33.8 Å². The summed E-state index contributed by atoms with van der Waals surface area (Å²) in [6.45, 7) is 13.3. The van der Waals surface area contributed by atoms with Gasteiger partial charge in [-0.15, -0.1) is 13.2 Å². The second-order valence-electron chi connectivity index (χ2n) is 14.2. The Morgan fingerprint density at radius 2 is 1.78 bits per heavy atom. The lowest BCUT2D eigenvalue weighted by atomic mass is 9.70. The van der Waals surface area contributed by atoms with E-state index in [1.807, 2.05) is 67.6 Å². The first-order valence-corrected chi connectivity index (χ1v) is 18.3. The van der Waals surface area contributed by atoms with E-state index in [0.29, 0.717) is 31.2 Å². The Bertz CT molecular complexity index is 1550. The van der Waals surface area contributed by atoms with Crippen LogP contribution in [0.2, 0.25) is 0 Å². The van der Waals surface area contributed by atoms with E-state index in [1.54, 1.807) is 24.0 Å². The van der Waals surface area contributed by atoms with Gasteiger partial charge in [0.15, 0.2) is 0 Å². The van der Waals surface area contributed by atoms with Crippen molar-refractivity contribution in [1.29, 1.82) is 0 Å². The van der Waals surface area contributed by atoms with Crippen molar-refractivity contribution in [2.45, 2.75) is 108 Å². The molecular formula is C41H53N3O7. The maximum atomic E-state index is 14.9. The number of carbonyl (C=O) groups excluding carboxylic acids is 4. The van der Waals surface area contributed by atoms with Crippen molar-refractivity contribution in [3.63, 3.8) is 0 Å². The van der Waals surface area contributed by atoms with Crippen LogP contribution in [0.5, 0.6) is 0 Å². The molecule has 3 heterocycles. The van der Waals surface area contributed by atoms with Crippen molar-refractivity contribution in [2.75, 3.05) is 13.2 Å². The fourth-order valence-corrected chi connectivity index (χ4v) is 8.47. The second-order valence-corrected chi connectivity index (χ2v) is 14.2. The fourth-order valence-electron chi connectivity index (χ4n) is 8.47. The Morgan fingerprint density at radius 3 is 2.41 bits per heavy atom. The lowest BCUT2D eigenvalue weighted by Crippen LogP contribution is -2.60. The summed E-state index contributed by atoms with van der Waals surface area (Å²) < 4.78 is 13.0. The minimum absolute atomic E-state index is 0.135. The van der Waals surface area contributed by atoms with Gasteiger partial charge in [-0.25, -0.2) is 0 Å². The van der Waals surface area contributed by atoms with Gasteiger partial charge in [0.25, 0.3) is 0 Å². The number of nitrogens with one attached hydrogen (secondary N) is 1. The molecule has 9 atom stereocenters. The summed E-state index contributed by atoms with van der Waals surface area (Å²) in [4.78, 5) is 60.2. The zero-order valence-corrected chi connectivity index (χ0v) is 30.1. The molecule has 3 saturated heterocycles. The lowest BCUT2D eigenvalue weighted by Gasteiger charge is -2.41. The minimum atomic E-state index is -1.27. The number of aliphatic hydroxyl groups is 1. The van der Waals surface area contributed by atoms with Gasteiger partial charge >= 0.3 is 5.97 Å². The molecule has 0 saturated carbocycles. The van der Waals surface area contributed by atoms with Gasteiger partial charge in [-0.3, -0.25) is 19.2 Å². The topological polar surface area (TPSA) is 125 Å². The van der Waals surface area contributed by atoms with Crippen LogP contribution in [0.25, 0.3) is 0 Å². The number of amides is 3. The summed E-state index contributed by atoms with van der Waals surface area (Å²) in [6.07, 6.45) is 5.47. The maximum absolute atomic E-state index is 14.9. The minimum Gasteiger partial charge on any atom is -0.455 e. The summed E-state index contributed by atoms with van der Waals surface area (Å²) in [7, 11) is 0. The Kier molecular flexibility index (Phi) is 12.5. The molecule has 3 amide bonds. The third-order valence-corrected chi connectivity index (χ3v) is 10.8. The smallest absolute Gasteiger partial charge is 0.313 e. The van der Waals surface area contributed by atoms with Gasteiger partial charge in [0.05, 0.1) is 36.6 Å². The monoisotopic (exact) mass is 699 g/mol. The van der Waals surface area contributed by atoms with Crippen molar-refractivity contribution in [3.05, 3.63) is 97.1 Å². The Morgan fingerprint density at radius 1 is 1.10 bits per heavy atom. The van der Waals surface area contributed by atoms with Crippen molar-refractivity contribution in [1.82, 2.24) is 15.1 Å². The van der Waals surface area contributed by atoms with Crippen LogP contribution in [-0.2, 0) is 35.1 Å². The molecular weight excluding hydrogens is 646 g/mol. The van der Waals surface area contributed by atoms with E-state index in [9.17, 15) is 24.3 Å². The molecule has 10 nitrogen and oxygen atoms in total. The highest BCUT2D eigenvalue weighted by atomic mass is 16.6. The number of hydrogen-bond donors (Lipinski definition) is 2. The molecule has 274 valence electrons. The van der Waals surface area contributed by atoms with Crippen LogP contribution in [0.3, 0.4) is 0 Å². The number of benzene rings is 2. The lowest BCUT2D eigenvalue weighted by molar-refractivity contribution is -0.162. The summed E-state index contributed by atoms with van der Waals surface area (Å²) >= 11 is 0. The zero-order chi connectivity index (χ0) is 36.7. The molecule has 0 aliphatic carbocycles. The summed E-state index contributed by atoms with van der Waals surface area (Å²) in [5, 5.41) is 13.8. The molecule has 0 aromatic heterocycles. The van der Waals surface area contributed by atoms with Crippen LogP contribution in [0.4, 0.5) is 0 Å². The predicted molar refractivity (Wildman–Crippen MR) is 194 cm³/mol. The molecule has 51 heavy (non-hydrogen) atoms. The van der Waals surface area contributed by atoms with E-state index in [4.69, 9.17) is 9.47 Å². The summed E-state index contributed by atoms with van der Waals surface area (Å²) in [5.41, 5.74) is 0.329. The maximum Gasteiger partial charge on any atom is 0.313 e.